The molecule has 232 valence electrons. The third kappa shape index (κ3) is 34.7. The minimum absolute atomic E-state index is 0. The average molecular weight is 567 g/mol. The van der Waals surface area contributed by atoms with Gasteiger partial charge in [0, 0.05) is 19.1 Å². The Morgan fingerprint density at radius 2 is 1.38 bits per heavy atom. The summed E-state index contributed by atoms with van der Waals surface area (Å²) in [5.41, 5.74) is 5.23. The summed E-state index contributed by atoms with van der Waals surface area (Å²) in [5, 5.41) is 3.02. The Balaban J connectivity index is -0.000000422. The molecular formula is C30H59LiN2O7. The topological polar surface area (TPSA) is 147 Å². The Hall–Kier alpha value is -1.37. The van der Waals surface area contributed by atoms with Crippen molar-refractivity contribution in [3.8, 4) is 0 Å². The smallest absolute Gasteiger partial charge is 0.870 e. The van der Waals surface area contributed by atoms with Gasteiger partial charge in [-0.05, 0) is 45.4 Å². The Kier molecular flexibility index (Phi) is 40.7. The van der Waals surface area contributed by atoms with E-state index in [1.54, 1.807) is 0 Å². The number of nitrogens with one attached hydrogen (secondary N) is 1. The van der Waals surface area contributed by atoms with Gasteiger partial charge in [0.05, 0.1) is 27.2 Å². The van der Waals surface area contributed by atoms with E-state index in [9.17, 15) is 14.4 Å². The van der Waals surface area contributed by atoms with Crippen molar-refractivity contribution in [2.45, 2.75) is 136 Å². The molecule has 40 heavy (non-hydrogen) atoms. The van der Waals surface area contributed by atoms with Crippen molar-refractivity contribution in [2.75, 3.05) is 27.4 Å². The zero-order chi connectivity index (χ0) is 28.9. The molecule has 2 atom stereocenters. The van der Waals surface area contributed by atoms with Crippen LogP contribution in [0.25, 0.3) is 0 Å². The molecule has 0 heterocycles. The number of carbonyl (C=O) groups excluding carboxylic acids is 3. The minimum Gasteiger partial charge on any atom is -0.870 e. The Morgan fingerprint density at radius 3 is 1.98 bits per heavy atom. The van der Waals surface area contributed by atoms with E-state index in [-0.39, 0.29) is 36.7 Å². The van der Waals surface area contributed by atoms with E-state index in [1.807, 2.05) is 0 Å². The maximum Gasteiger partial charge on any atom is 1.00 e. The molecule has 9 nitrogen and oxygen atoms in total. The van der Waals surface area contributed by atoms with E-state index in [0.29, 0.717) is 12.5 Å². The number of hydrogen-bond acceptors (Lipinski definition) is 8. The second-order valence-corrected chi connectivity index (χ2v) is 9.73. The average Bonchev–Trinajstić information content (AvgIpc) is 2.91. The Morgan fingerprint density at radius 1 is 0.800 bits per heavy atom. The van der Waals surface area contributed by atoms with Gasteiger partial charge in [-0.2, -0.15) is 0 Å². The zero-order valence-corrected chi connectivity index (χ0v) is 26.5. The maximum atomic E-state index is 11.7. The van der Waals surface area contributed by atoms with Crippen LogP contribution in [0.2, 0.25) is 0 Å². The van der Waals surface area contributed by atoms with E-state index in [1.165, 1.54) is 72.0 Å². The molecule has 10 heteroatoms. The molecule has 0 aliphatic rings. The number of unbranched alkanes of at least 4 members (excludes halogenated alkanes) is 10. The number of esters is 2. The van der Waals surface area contributed by atoms with Gasteiger partial charge in [0.15, 0.2) is 0 Å². The molecule has 0 radical (unpaired) electrons. The van der Waals surface area contributed by atoms with Gasteiger partial charge < -0.3 is 30.7 Å². The Labute approximate surface area is 256 Å². The summed E-state index contributed by atoms with van der Waals surface area (Å²) in [6, 6.07) is -0.616. The molecule has 0 saturated heterocycles. The minimum atomic E-state index is -0.924. The fourth-order valence-electron chi connectivity index (χ4n) is 3.50. The molecule has 0 aromatic carbocycles. The molecule has 0 aliphatic carbocycles. The van der Waals surface area contributed by atoms with Gasteiger partial charge >= 0.3 is 30.8 Å². The predicted octanol–water partition coefficient (Wildman–Crippen LogP) is 2.83. The number of nitrogens with two attached hydrogens (primary N) is 1. The second-order valence-electron chi connectivity index (χ2n) is 9.73. The van der Waals surface area contributed by atoms with Crippen molar-refractivity contribution < 1.29 is 52.9 Å². The monoisotopic (exact) mass is 566 g/mol. The normalized spacial score (nSPS) is 11.8. The van der Waals surface area contributed by atoms with Gasteiger partial charge in [-0.3, -0.25) is 14.4 Å². The van der Waals surface area contributed by atoms with Gasteiger partial charge in [-0.15, -0.1) is 0 Å². The fourth-order valence-corrected chi connectivity index (χ4v) is 3.50. The van der Waals surface area contributed by atoms with Gasteiger partial charge in [0.2, 0.25) is 5.91 Å². The summed E-state index contributed by atoms with van der Waals surface area (Å²) >= 11 is 0. The number of allylic oxidation sites excluding steroid dienone is 1. The summed E-state index contributed by atoms with van der Waals surface area (Å²) in [6.45, 7) is 8.20. The maximum absolute atomic E-state index is 11.7. The summed E-state index contributed by atoms with van der Waals surface area (Å²) in [6.07, 6.45) is 22.3. The van der Waals surface area contributed by atoms with Gasteiger partial charge in [-0.25, -0.2) is 0 Å². The number of rotatable bonds is 23. The molecule has 0 rings (SSSR count). The second kappa shape index (κ2) is 35.7. The summed E-state index contributed by atoms with van der Waals surface area (Å²) in [4.78, 5) is 32.8. The van der Waals surface area contributed by atoms with E-state index < -0.39 is 18.0 Å². The Bertz CT molecular complexity index is 607. The van der Waals surface area contributed by atoms with Crippen molar-refractivity contribution >= 4 is 17.8 Å². The molecule has 0 aromatic heterocycles. The van der Waals surface area contributed by atoms with Crippen LogP contribution in [0.15, 0.2) is 12.2 Å². The van der Waals surface area contributed by atoms with E-state index >= 15 is 0 Å². The fraction of sp³-hybridized carbons (Fsp3) is 0.833. The van der Waals surface area contributed by atoms with Crippen LogP contribution in [0.3, 0.4) is 0 Å². The largest absolute Gasteiger partial charge is 1.00 e. The number of hydrogen-bond donors (Lipinski definition) is 2. The van der Waals surface area contributed by atoms with Crippen LogP contribution < -0.4 is 29.9 Å². The summed E-state index contributed by atoms with van der Waals surface area (Å²) in [7, 11) is 2.44. The van der Waals surface area contributed by atoms with Crippen LogP contribution in [0.4, 0.5) is 0 Å². The molecule has 0 fully saturated rings. The van der Waals surface area contributed by atoms with Crippen LogP contribution >= 0.6 is 0 Å². The van der Waals surface area contributed by atoms with Crippen molar-refractivity contribution in [2.24, 2.45) is 5.73 Å². The molecule has 0 saturated carbocycles. The number of carbonyl (C=O) groups is 3. The quantitative estimate of drug-likeness (QED) is 0.0831. The van der Waals surface area contributed by atoms with Gasteiger partial charge in [-0.1, -0.05) is 77.4 Å². The third-order valence-corrected chi connectivity index (χ3v) is 6.15. The van der Waals surface area contributed by atoms with Crippen molar-refractivity contribution in [1.82, 2.24) is 5.32 Å². The SMILES string of the molecule is CCCCCCCCCOCC/C=C\CCCCCCC(=O)N[C@H](C)CC.COC(=O)C[C@@H](N)C(=O)OC.[Li+].[OH-]. The first kappa shape index (κ1) is 45.6. The number of amides is 1. The molecule has 0 aromatic rings. The number of methoxy groups -OCH3 is 2. The summed E-state index contributed by atoms with van der Waals surface area (Å²) < 4.78 is 14.3. The zero-order valence-electron chi connectivity index (χ0n) is 26.5. The van der Waals surface area contributed by atoms with Crippen molar-refractivity contribution in [3.63, 3.8) is 0 Å². The summed E-state index contributed by atoms with van der Waals surface area (Å²) in [5.74, 6) is -0.931. The molecule has 4 N–H and O–H groups in total. The molecule has 0 aliphatic heterocycles. The van der Waals surface area contributed by atoms with Crippen molar-refractivity contribution in [3.05, 3.63) is 12.2 Å². The first-order valence-electron chi connectivity index (χ1n) is 14.7. The van der Waals surface area contributed by atoms with Gasteiger partial charge in [0.25, 0.3) is 0 Å². The first-order chi connectivity index (χ1) is 18.3. The van der Waals surface area contributed by atoms with E-state index in [0.717, 1.165) is 45.3 Å². The predicted molar refractivity (Wildman–Crippen MR) is 157 cm³/mol. The third-order valence-electron chi connectivity index (χ3n) is 6.15. The van der Waals surface area contributed by atoms with Crippen LogP contribution in [-0.2, 0) is 28.6 Å². The van der Waals surface area contributed by atoms with E-state index in [4.69, 9.17) is 10.5 Å². The van der Waals surface area contributed by atoms with Crippen LogP contribution in [-0.4, -0.2) is 62.8 Å². The van der Waals surface area contributed by atoms with E-state index in [2.05, 4.69) is 47.7 Å². The van der Waals surface area contributed by atoms with Crippen LogP contribution in [0, 0.1) is 0 Å². The first-order valence-corrected chi connectivity index (χ1v) is 14.7. The molecular weight excluding hydrogens is 507 g/mol. The van der Waals surface area contributed by atoms with Crippen LogP contribution in [0.5, 0.6) is 0 Å². The standard InChI is InChI=1S/C24H47NO2.C6H11NO4.Li.H2O/c1-4-6-7-8-12-15-18-21-27-22-19-16-13-10-9-11-14-17-20-24(26)25-23(3)5-2;1-10-5(8)3-4(7)6(9)11-2;;/h13,16,23H,4-12,14-15,17-22H2,1-3H3,(H,25,26);4H,3,7H2,1-2H3;;1H2/q;;+1;/p-1/b16-13-;;;/t23-;4-;;/m11../s1. The molecule has 1 amide bonds. The molecule has 0 bridgehead atoms. The van der Waals surface area contributed by atoms with Crippen LogP contribution in [0.1, 0.15) is 124 Å². The molecule has 0 unspecified atom stereocenters. The number of ether oxygens (including phenoxy) is 3. The molecule has 0 spiro atoms. The van der Waals surface area contributed by atoms with Crippen molar-refractivity contribution in [1.29, 1.82) is 0 Å². The van der Waals surface area contributed by atoms with Gasteiger partial charge in [0.1, 0.15) is 6.04 Å².